The molecule has 8 nitrogen and oxygen atoms in total. The van der Waals surface area contributed by atoms with E-state index in [1.807, 2.05) is 6.07 Å². The van der Waals surface area contributed by atoms with Crippen LogP contribution in [0.25, 0.3) is 0 Å². The molecule has 204 valence electrons. The van der Waals surface area contributed by atoms with Gasteiger partial charge in [0.2, 0.25) is 11.8 Å². The summed E-state index contributed by atoms with van der Waals surface area (Å²) in [6, 6.07) is 17.9. The number of anilines is 2. The minimum atomic E-state index is -4.51. The van der Waals surface area contributed by atoms with Crippen molar-refractivity contribution in [2.45, 2.75) is 25.4 Å². The van der Waals surface area contributed by atoms with Gasteiger partial charge in [-0.05, 0) is 72.6 Å². The van der Waals surface area contributed by atoms with Crippen LogP contribution in [0, 0.1) is 0 Å². The number of amides is 3. The van der Waals surface area contributed by atoms with Gasteiger partial charge >= 0.3 is 6.18 Å². The minimum Gasteiger partial charge on any atom is -0.484 e. The summed E-state index contributed by atoms with van der Waals surface area (Å²) >= 11 is 3.33. The molecule has 0 aromatic heterocycles. The minimum absolute atomic E-state index is 0.0101. The number of halogens is 4. The third kappa shape index (κ3) is 10.6. The zero-order valence-corrected chi connectivity index (χ0v) is 22.0. The summed E-state index contributed by atoms with van der Waals surface area (Å²) in [5.41, 5.74) is 2.84. The maximum absolute atomic E-state index is 12.8. The monoisotopic (exact) mass is 604 g/mol. The standard InChI is InChI=1S/C27H24BrF3N4O4/c28-20-5-2-7-22(15-20)33-24(36)8-3-9-25(37)35-32-16-18-10-12-23(13-11-18)39-17-26(38)34-21-6-1-4-19(14-21)27(29,30)31/h1-2,4-7,10-16H,3,8-9,17H2,(H,33,36)(H,34,38)(H,35,37)/b32-16-. The molecule has 0 radical (unpaired) electrons. The zero-order valence-electron chi connectivity index (χ0n) is 20.4. The summed E-state index contributed by atoms with van der Waals surface area (Å²) in [6.45, 7) is -0.402. The smallest absolute Gasteiger partial charge is 0.416 e. The summed E-state index contributed by atoms with van der Waals surface area (Å²) in [5.74, 6) is -0.794. The van der Waals surface area contributed by atoms with Crippen LogP contribution < -0.4 is 20.8 Å². The van der Waals surface area contributed by atoms with E-state index in [1.165, 1.54) is 18.3 Å². The first-order valence-corrected chi connectivity index (χ1v) is 12.4. The second kappa shape index (κ2) is 14.1. The molecule has 12 heteroatoms. The molecule has 0 atom stereocenters. The van der Waals surface area contributed by atoms with E-state index in [9.17, 15) is 27.6 Å². The second-order valence-electron chi connectivity index (χ2n) is 8.19. The van der Waals surface area contributed by atoms with Gasteiger partial charge in [-0.1, -0.05) is 28.1 Å². The van der Waals surface area contributed by atoms with Crippen LogP contribution in [0.4, 0.5) is 24.5 Å². The lowest BCUT2D eigenvalue weighted by atomic mass is 10.2. The number of hydrazone groups is 1. The number of carbonyl (C=O) groups is 3. The Kier molecular flexibility index (Phi) is 10.6. The van der Waals surface area contributed by atoms with Crippen LogP contribution in [-0.2, 0) is 20.6 Å². The summed E-state index contributed by atoms with van der Waals surface area (Å²) in [4.78, 5) is 36.0. The van der Waals surface area contributed by atoms with Gasteiger partial charge in [-0.15, -0.1) is 0 Å². The van der Waals surface area contributed by atoms with Crippen LogP contribution in [0.5, 0.6) is 5.75 Å². The number of nitrogens with zero attached hydrogens (tertiary/aromatic N) is 1. The molecule has 3 amide bonds. The van der Waals surface area contributed by atoms with Gasteiger partial charge in [0, 0.05) is 28.7 Å². The van der Waals surface area contributed by atoms with Crippen molar-refractivity contribution in [1.29, 1.82) is 0 Å². The van der Waals surface area contributed by atoms with Gasteiger partial charge in [-0.3, -0.25) is 14.4 Å². The maximum Gasteiger partial charge on any atom is 0.416 e. The largest absolute Gasteiger partial charge is 0.484 e. The van der Waals surface area contributed by atoms with E-state index in [2.05, 4.69) is 37.1 Å². The summed E-state index contributed by atoms with van der Waals surface area (Å²) in [6.07, 6.45) is -2.43. The topological polar surface area (TPSA) is 109 Å². The van der Waals surface area contributed by atoms with Crippen molar-refractivity contribution in [3.63, 3.8) is 0 Å². The van der Waals surface area contributed by atoms with E-state index < -0.39 is 24.3 Å². The van der Waals surface area contributed by atoms with Crippen molar-refractivity contribution in [1.82, 2.24) is 5.43 Å². The van der Waals surface area contributed by atoms with E-state index in [0.29, 0.717) is 23.4 Å². The quantitative estimate of drug-likeness (QED) is 0.191. The Hall–Kier alpha value is -4.19. The number of carbonyl (C=O) groups excluding carboxylic acids is 3. The fourth-order valence-corrected chi connectivity index (χ4v) is 3.60. The number of hydrogen-bond donors (Lipinski definition) is 3. The van der Waals surface area contributed by atoms with Crippen molar-refractivity contribution in [2.24, 2.45) is 5.10 Å². The number of rotatable bonds is 11. The lowest BCUT2D eigenvalue weighted by molar-refractivity contribution is -0.137. The van der Waals surface area contributed by atoms with Crippen LogP contribution >= 0.6 is 15.9 Å². The molecule has 0 aliphatic rings. The molecule has 3 aromatic carbocycles. The predicted molar refractivity (Wildman–Crippen MR) is 144 cm³/mol. The average molecular weight is 605 g/mol. The number of hydrogen-bond acceptors (Lipinski definition) is 5. The van der Waals surface area contributed by atoms with E-state index >= 15 is 0 Å². The Bertz CT molecular complexity index is 1330. The van der Waals surface area contributed by atoms with Gasteiger partial charge in [0.05, 0.1) is 11.8 Å². The zero-order chi connectivity index (χ0) is 28.3. The van der Waals surface area contributed by atoms with Gasteiger partial charge in [0.15, 0.2) is 6.61 Å². The van der Waals surface area contributed by atoms with Gasteiger partial charge in [-0.2, -0.15) is 18.3 Å². The second-order valence-corrected chi connectivity index (χ2v) is 9.11. The lowest BCUT2D eigenvalue weighted by Crippen LogP contribution is -2.20. The molecular formula is C27H24BrF3N4O4. The highest BCUT2D eigenvalue weighted by atomic mass is 79.9. The molecule has 0 aliphatic carbocycles. The molecule has 0 heterocycles. The van der Waals surface area contributed by atoms with Crippen molar-refractivity contribution >= 4 is 51.2 Å². The molecule has 0 bridgehead atoms. The molecule has 3 aromatic rings. The Morgan fingerprint density at radius 3 is 2.18 bits per heavy atom. The van der Waals surface area contributed by atoms with E-state index in [-0.39, 0.29) is 30.3 Å². The summed E-state index contributed by atoms with van der Waals surface area (Å²) in [7, 11) is 0. The SMILES string of the molecule is O=C(CCCC(=O)Nc1cccc(Br)c1)N/N=C\c1ccc(OCC(=O)Nc2cccc(C(F)(F)F)c2)cc1. The molecule has 0 saturated heterocycles. The van der Waals surface area contributed by atoms with Crippen LogP contribution in [0.3, 0.4) is 0 Å². The first kappa shape index (κ1) is 29.4. The predicted octanol–water partition coefficient (Wildman–Crippen LogP) is 5.74. The number of nitrogens with one attached hydrogen (secondary N) is 3. The average Bonchev–Trinajstić information content (AvgIpc) is 2.88. The number of ether oxygens (including phenoxy) is 1. The molecule has 3 N–H and O–H groups in total. The third-order valence-electron chi connectivity index (χ3n) is 5.04. The molecule has 39 heavy (non-hydrogen) atoms. The molecule has 0 saturated carbocycles. The van der Waals surface area contributed by atoms with Crippen LogP contribution in [0.2, 0.25) is 0 Å². The Balaban J connectivity index is 1.35. The van der Waals surface area contributed by atoms with E-state index in [0.717, 1.165) is 16.6 Å². The first-order valence-electron chi connectivity index (χ1n) is 11.7. The summed E-state index contributed by atoms with van der Waals surface area (Å²) < 4.78 is 44.6. The normalized spacial score (nSPS) is 11.2. The van der Waals surface area contributed by atoms with Crippen molar-refractivity contribution in [3.8, 4) is 5.75 Å². The van der Waals surface area contributed by atoms with Crippen LogP contribution in [0.15, 0.2) is 82.4 Å². The molecule has 0 aliphatic heterocycles. The fraction of sp³-hybridized carbons (Fsp3) is 0.185. The van der Waals surface area contributed by atoms with Crippen molar-refractivity contribution in [3.05, 3.63) is 88.4 Å². The Labute approximate surface area is 230 Å². The lowest BCUT2D eigenvalue weighted by Gasteiger charge is -2.10. The number of benzene rings is 3. The third-order valence-corrected chi connectivity index (χ3v) is 5.54. The van der Waals surface area contributed by atoms with Crippen LogP contribution in [0.1, 0.15) is 30.4 Å². The van der Waals surface area contributed by atoms with Crippen molar-refractivity contribution in [2.75, 3.05) is 17.2 Å². The Morgan fingerprint density at radius 1 is 0.846 bits per heavy atom. The van der Waals surface area contributed by atoms with E-state index in [4.69, 9.17) is 4.74 Å². The Morgan fingerprint density at radius 2 is 1.49 bits per heavy atom. The van der Waals surface area contributed by atoms with Gasteiger partial charge < -0.3 is 15.4 Å². The highest BCUT2D eigenvalue weighted by Gasteiger charge is 2.30. The first-order chi connectivity index (χ1) is 18.6. The van der Waals surface area contributed by atoms with Gasteiger partial charge in [0.25, 0.3) is 5.91 Å². The number of alkyl halides is 3. The molecule has 0 spiro atoms. The summed E-state index contributed by atoms with van der Waals surface area (Å²) in [5, 5.41) is 8.99. The molecular weight excluding hydrogens is 581 g/mol. The highest BCUT2D eigenvalue weighted by Crippen LogP contribution is 2.30. The highest BCUT2D eigenvalue weighted by molar-refractivity contribution is 9.10. The van der Waals surface area contributed by atoms with Gasteiger partial charge in [-0.25, -0.2) is 5.43 Å². The van der Waals surface area contributed by atoms with E-state index in [1.54, 1.807) is 42.5 Å². The molecule has 0 unspecified atom stereocenters. The van der Waals surface area contributed by atoms with Crippen molar-refractivity contribution < 1.29 is 32.3 Å². The fourth-order valence-electron chi connectivity index (χ4n) is 3.20. The molecule has 0 fully saturated rings. The van der Waals surface area contributed by atoms with Gasteiger partial charge in [0.1, 0.15) is 5.75 Å². The van der Waals surface area contributed by atoms with Crippen LogP contribution in [-0.4, -0.2) is 30.5 Å². The maximum atomic E-state index is 12.8. The molecule has 3 rings (SSSR count).